The van der Waals surface area contributed by atoms with Crippen LogP contribution in [0.3, 0.4) is 0 Å². The number of halogens is 1. The first-order valence-electron chi connectivity index (χ1n) is 8.62. The number of rotatable bonds is 5. The molecule has 142 valence electrons. The van der Waals surface area contributed by atoms with Gasteiger partial charge in [-0.15, -0.1) is 0 Å². The van der Waals surface area contributed by atoms with Gasteiger partial charge in [0, 0.05) is 24.2 Å². The zero-order valence-corrected chi connectivity index (χ0v) is 14.5. The summed E-state index contributed by atoms with van der Waals surface area (Å²) in [5.74, 6) is -2.24. The van der Waals surface area contributed by atoms with Crippen LogP contribution >= 0.6 is 0 Å². The number of carboxylic acids is 1. The van der Waals surface area contributed by atoms with Gasteiger partial charge >= 0.3 is 5.97 Å². The Kier molecular flexibility index (Phi) is 5.71. The highest BCUT2D eigenvalue weighted by atomic mass is 19.1. The number of carbonyl (C=O) groups excluding carboxylic acids is 1. The predicted octanol–water partition coefficient (Wildman–Crippen LogP) is 2.31. The van der Waals surface area contributed by atoms with Gasteiger partial charge in [0.05, 0.1) is 6.10 Å². The van der Waals surface area contributed by atoms with Crippen molar-refractivity contribution in [3.63, 3.8) is 0 Å². The summed E-state index contributed by atoms with van der Waals surface area (Å²) in [4.78, 5) is 25.2. The first kappa shape index (κ1) is 18.8. The minimum absolute atomic E-state index is 0.0269. The monoisotopic (exact) mass is 373 g/mol. The van der Waals surface area contributed by atoms with Crippen molar-refractivity contribution in [3.05, 3.63) is 65.5 Å². The zero-order chi connectivity index (χ0) is 19.4. The van der Waals surface area contributed by atoms with Crippen molar-refractivity contribution in [2.45, 2.75) is 19.1 Å². The van der Waals surface area contributed by atoms with Crippen LogP contribution in [0.15, 0.2) is 48.5 Å². The molecular formula is C20H20FNO5. The molecule has 2 N–H and O–H groups in total. The Labute approximate surface area is 155 Å². The second kappa shape index (κ2) is 8.18. The van der Waals surface area contributed by atoms with Crippen LogP contribution in [-0.4, -0.2) is 46.2 Å². The van der Waals surface area contributed by atoms with Crippen molar-refractivity contribution in [1.29, 1.82) is 0 Å². The van der Waals surface area contributed by atoms with Crippen LogP contribution < -0.4 is 4.74 Å². The minimum Gasteiger partial charge on any atom is -0.489 e. The lowest BCUT2D eigenvalue weighted by Crippen LogP contribution is -2.48. The fourth-order valence-electron chi connectivity index (χ4n) is 3.02. The third-order valence-electron chi connectivity index (χ3n) is 4.63. The summed E-state index contributed by atoms with van der Waals surface area (Å²) in [6, 6.07) is 12.7. The number of likely N-dealkylation sites (tertiary alicyclic amines) is 1. The standard InChI is InChI=1S/C20H20FNO5/c21-17-4-2-1-3-14(17)12-27-15-7-5-13(6-8-15)19(24)22-10-9-18(23)16(11-22)20(25)26/h1-8,16,18,23H,9-12H2,(H,25,26)/t16-,18+/m1/s1. The van der Waals surface area contributed by atoms with Crippen LogP contribution in [0.1, 0.15) is 22.3 Å². The molecule has 0 saturated carbocycles. The van der Waals surface area contributed by atoms with E-state index in [4.69, 9.17) is 9.84 Å². The van der Waals surface area contributed by atoms with Gasteiger partial charge in [0.1, 0.15) is 24.1 Å². The maximum Gasteiger partial charge on any atom is 0.310 e. The van der Waals surface area contributed by atoms with E-state index in [2.05, 4.69) is 0 Å². The molecule has 1 aliphatic rings. The molecule has 0 unspecified atom stereocenters. The molecule has 1 aliphatic heterocycles. The summed E-state index contributed by atoms with van der Waals surface area (Å²) in [6.07, 6.45) is -0.715. The first-order chi connectivity index (χ1) is 13.0. The van der Waals surface area contributed by atoms with E-state index in [1.165, 1.54) is 11.0 Å². The lowest BCUT2D eigenvalue weighted by atomic mass is 9.94. The molecule has 2 aromatic rings. The summed E-state index contributed by atoms with van der Waals surface area (Å²) in [5, 5.41) is 18.9. The summed E-state index contributed by atoms with van der Waals surface area (Å²) in [5.41, 5.74) is 0.831. The molecule has 0 bridgehead atoms. The summed E-state index contributed by atoms with van der Waals surface area (Å²) in [7, 11) is 0. The SMILES string of the molecule is O=C(O)[C@@H]1CN(C(=O)c2ccc(OCc3ccccc3F)cc2)CC[C@@H]1O. The number of piperidine rings is 1. The Bertz CT molecular complexity index is 823. The highest BCUT2D eigenvalue weighted by molar-refractivity contribution is 5.94. The molecule has 1 saturated heterocycles. The summed E-state index contributed by atoms with van der Waals surface area (Å²) < 4.78 is 19.1. The zero-order valence-electron chi connectivity index (χ0n) is 14.5. The molecule has 1 amide bonds. The van der Waals surface area contributed by atoms with E-state index in [1.807, 2.05) is 0 Å². The van der Waals surface area contributed by atoms with Gasteiger partial charge in [0.15, 0.2) is 0 Å². The van der Waals surface area contributed by atoms with Gasteiger partial charge in [-0.25, -0.2) is 4.39 Å². The summed E-state index contributed by atoms with van der Waals surface area (Å²) >= 11 is 0. The van der Waals surface area contributed by atoms with E-state index in [1.54, 1.807) is 42.5 Å². The minimum atomic E-state index is -1.11. The quantitative estimate of drug-likeness (QED) is 0.840. The fourth-order valence-corrected chi connectivity index (χ4v) is 3.02. The Morgan fingerprint density at radius 2 is 1.85 bits per heavy atom. The van der Waals surface area contributed by atoms with E-state index in [0.717, 1.165) is 0 Å². The maximum atomic E-state index is 13.6. The molecule has 7 heteroatoms. The van der Waals surface area contributed by atoms with Crippen molar-refractivity contribution in [1.82, 2.24) is 4.90 Å². The molecule has 0 aliphatic carbocycles. The normalized spacial score (nSPS) is 19.6. The van der Waals surface area contributed by atoms with Crippen molar-refractivity contribution in [2.75, 3.05) is 13.1 Å². The average molecular weight is 373 g/mol. The van der Waals surface area contributed by atoms with E-state index >= 15 is 0 Å². The lowest BCUT2D eigenvalue weighted by Gasteiger charge is -2.34. The third-order valence-corrected chi connectivity index (χ3v) is 4.63. The predicted molar refractivity (Wildman–Crippen MR) is 94.8 cm³/mol. The van der Waals surface area contributed by atoms with E-state index in [9.17, 15) is 19.1 Å². The van der Waals surface area contributed by atoms with E-state index in [-0.39, 0.29) is 31.3 Å². The van der Waals surface area contributed by atoms with Gasteiger partial charge < -0.3 is 19.8 Å². The fraction of sp³-hybridized carbons (Fsp3) is 0.300. The number of hydrogen-bond donors (Lipinski definition) is 2. The number of aliphatic hydroxyl groups is 1. The Morgan fingerprint density at radius 3 is 2.52 bits per heavy atom. The smallest absolute Gasteiger partial charge is 0.310 e. The topological polar surface area (TPSA) is 87.1 Å². The number of aliphatic carboxylic acids is 1. The van der Waals surface area contributed by atoms with Crippen molar-refractivity contribution in [2.24, 2.45) is 5.92 Å². The molecule has 3 rings (SSSR count). The van der Waals surface area contributed by atoms with Crippen LogP contribution in [0.2, 0.25) is 0 Å². The number of carboxylic acid groups (broad SMARTS) is 1. The molecule has 27 heavy (non-hydrogen) atoms. The number of amides is 1. The van der Waals surface area contributed by atoms with Crippen molar-refractivity contribution < 1.29 is 28.9 Å². The van der Waals surface area contributed by atoms with Gasteiger partial charge in [0.2, 0.25) is 0 Å². The Morgan fingerprint density at radius 1 is 1.15 bits per heavy atom. The van der Waals surface area contributed by atoms with Gasteiger partial charge in [-0.2, -0.15) is 0 Å². The molecular weight excluding hydrogens is 353 g/mol. The van der Waals surface area contributed by atoms with E-state index in [0.29, 0.717) is 23.4 Å². The number of carbonyl (C=O) groups is 2. The summed E-state index contributed by atoms with van der Waals surface area (Å²) in [6.45, 7) is 0.348. The number of nitrogens with zero attached hydrogens (tertiary/aromatic N) is 1. The molecule has 0 radical (unpaired) electrons. The molecule has 0 spiro atoms. The van der Waals surface area contributed by atoms with Crippen LogP contribution in [0, 0.1) is 11.7 Å². The Balaban J connectivity index is 1.62. The van der Waals surface area contributed by atoms with Gasteiger partial charge in [-0.3, -0.25) is 9.59 Å². The van der Waals surface area contributed by atoms with Crippen LogP contribution in [0.5, 0.6) is 5.75 Å². The molecule has 6 nitrogen and oxygen atoms in total. The van der Waals surface area contributed by atoms with E-state index < -0.39 is 18.0 Å². The van der Waals surface area contributed by atoms with Crippen LogP contribution in [0.4, 0.5) is 4.39 Å². The number of ether oxygens (including phenoxy) is 1. The van der Waals surface area contributed by atoms with Gasteiger partial charge in [-0.05, 0) is 36.8 Å². The van der Waals surface area contributed by atoms with Gasteiger partial charge in [0.25, 0.3) is 5.91 Å². The number of aliphatic hydroxyl groups excluding tert-OH is 1. The molecule has 1 fully saturated rings. The number of benzene rings is 2. The Hall–Kier alpha value is -2.93. The largest absolute Gasteiger partial charge is 0.489 e. The average Bonchev–Trinajstić information content (AvgIpc) is 2.67. The number of hydrogen-bond acceptors (Lipinski definition) is 4. The molecule has 2 atom stereocenters. The first-order valence-corrected chi connectivity index (χ1v) is 8.62. The molecule has 2 aromatic carbocycles. The second-order valence-corrected chi connectivity index (χ2v) is 6.46. The van der Waals surface area contributed by atoms with Crippen LogP contribution in [-0.2, 0) is 11.4 Å². The third kappa shape index (κ3) is 4.43. The van der Waals surface area contributed by atoms with Crippen LogP contribution in [0.25, 0.3) is 0 Å². The maximum absolute atomic E-state index is 13.6. The van der Waals surface area contributed by atoms with Gasteiger partial charge in [-0.1, -0.05) is 18.2 Å². The second-order valence-electron chi connectivity index (χ2n) is 6.46. The highest BCUT2D eigenvalue weighted by Gasteiger charge is 2.35. The molecule has 1 heterocycles. The lowest BCUT2D eigenvalue weighted by molar-refractivity contribution is -0.148. The van der Waals surface area contributed by atoms with Crippen molar-refractivity contribution >= 4 is 11.9 Å². The molecule has 0 aromatic heterocycles. The van der Waals surface area contributed by atoms with Crippen molar-refractivity contribution in [3.8, 4) is 5.75 Å². The highest BCUT2D eigenvalue weighted by Crippen LogP contribution is 2.21.